The van der Waals surface area contributed by atoms with E-state index in [0.717, 1.165) is 38.3 Å². The number of methoxy groups -OCH3 is 1. The van der Waals surface area contributed by atoms with Crippen molar-refractivity contribution >= 4 is 5.91 Å². The van der Waals surface area contributed by atoms with Crippen LogP contribution in [0.1, 0.15) is 52.4 Å². The summed E-state index contributed by atoms with van der Waals surface area (Å²) in [5.41, 5.74) is 4.85. The van der Waals surface area contributed by atoms with Gasteiger partial charge in [0.1, 0.15) is 11.5 Å². The van der Waals surface area contributed by atoms with E-state index in [9.17, 15) is 9.90 Å². The lowest BCUT2D eigenvalue weighted by molar-refractivity contribution is 0.0501. The average Bonchev–Trinajstić information content (AvgIpc) is 3.22. The van der Waals surface area contributed by atoms with Crippen LogP contribution in [-0.4, -0.2) is 72.8 Å². The van der Waals surface area contributed by atoms with Crippen LogP contribution in [0, 0.1) is 0 Å². The summed E-state index contributed by atoms with van der Waals surface area (Å²) < 4.78 is 10.6. The summed E-state index contributed by atoms with van der Waals surface area (Å²) >= 11 is 0. The number of fused-ring (bicyclic) bond motifs is 1. The number of hydrogen-bond acceptors (Lipinski definition) is 6. The Morgan fingerprint density at radius 1 is 1.06 bits per heavy atom. The van der Waals surface area contributed by atoms with Crippen molar-refractivity contribution in [3.05, 3.63) is 58.1 Å². The second kappa shape index (κ2) is 10.1. The second-order valence-electron chi connectivity index (χ2n) is 9.46. The number of carbonyl (C=O) groups excluding carboxylic acids is 1. The summed E-state index contributed by atoms with van der Waals surface area (Å²) in [6, 6.07) is 9.85. The number of carbonyl (C=O) groups is 1. The van der Waals surface area contributed by atoms with E-state index >= 15 is 0 Å². The molecule has 1 amide bonds. The normalized spacial score (nSPS) is 16.9. The first-order chi connectivity index (χ1) is 15.9. The average molecular weight is 454 g/mol. The van der Waals surface area contributed by atoms with Crippen LogP contribution < -0.4 is 4.74 Å². The predicted octanol–water partition coefficient (Wildman–Crippen LogP) is 3.40. The summed E-state index contributed by atoms with van der Waals surface area (Å²) in [4.78, 5) is 20.0. The molecule has 2 aromatic rings. The number of piperazine rings is 1. The molecule has 0 spiro atoms. The van der Waals surface area contributed by atoms with Crippen LogP contribution in [0.15, 0.2) is 30.3 Å². The molecule has 1 N–H and O–H groups in total. The Morgan fingerprint density at radius 3 is 2.48 bits per heavy atom. The highest BCUT2D eigenvalue weighted by Gasteiger charge is 2.28. The van der Waals surface area contributed by atoms with Gasteiger partial charge in [-0.3, -0.25) is 9.69 Å². The molecule has 1 saturated heterocycles. The van der Waals surface area contributed by atoms with E-state index in [1.165, 1.54) is 22.8 Å². The minimum absolute atomic E-state index is 0.0674. The van der Waals surface area contributed by atoms with Gasteiger partial charge >= 0.3 is 0 Å². The summed E-state index contributed by atoms with van der Waals surface area (Å²) in [7, 11) is 3.72. The van der Waals surface area contributed by atoms with Crippen LogP contribution in [0.3, 0.4) is 0 Å². The van der Waals surface area contributed by atoms with Gasteiger partial charge in [-0.15, -0.1) is 0 Å². The zero-order valence-corrected chi connectivity index (χ0v) is 20.1. The van der Waals surface area contributed by atoms with Gasteiger partial charge < -0.3 is 24.4 Å². The number of ether oxygens (including phenoxy) is 2. The third kappa shape index (κ3) is 5.32. The predicted molar refractivity (Wildman–Crippen MR) is 127 cm³/mol. The highest BCUT2D eigenvalue weighted by Crippen LogP contribution is 2.35. The van der Waals surface area contributed by atoms with Crippen LogP contribution in [0.4, 0.5) is 0 Å². The Morgan fingerprint density at radius 2 is 1.79 bits per heavy atom. The summed E-state index contributed by atoms with van der Waals surface area (Å²) in [6.07, 6.45) is 0. The Bertz CT molecular complexity index is 999. The number of likely N-dealkylation sites (N-methyl/N-ethyl adjacent to an activating group) is 1. The topological polar surface area (TPSA) is 65.5 Å². The molecule has 178 valence electrons. The quantitative estimate of drug-likeness (QED) is 0.649. The molecule has 0 aliphatic carbocycles. The Labute approximate surface area is 196 Å². The van der Waals surface area contributed by atoms with Crippen molar-refractivity contribution in [3.63, 3.8) is 0 Å². The fraction of sp³-hybridized carbons (Fsp3) is 0.500. The molecule has 2 aliphatic rings. The van der Waals surface area contributed by atoms with E-state index in [-0.39, 0.29) is 24.4 Å². The monoisotopic (exact) mass is 453 g/mol. The second-order valence-corrected chi connectivity index (χ2v) is 9.46. The molecular formula is C26H35N3O4. The fourth-order valence-corrected chi connectivity index (χ4v) is 4.58. The first-order valence-electron chi connectivity index (χ1n) is 11.6. The number of aromatic hydroxyl groups is 1. The largest absolute Gasteiger partial charge is 0.507 e. The van der Waals surface area contributed by atoms with Crippen LogP contribution in [0.5, 0.6) is 11.5 Å². The lowest BCUT2D eigenvalue weighted by Crippen LogP contribution is -2.43. The number of phenolic OH excluding ortho intramolecular Hbond substituents is 1. The fourth-order valence-electron chi connectivity index (χ4n) is 4.58. The molecule has 0 radical (unpaired) electrons. The van der Waals surface area contributed by atoms with Gasteiger partial charge in [-0.1, -0.05) is 32.0 Å². The van der Waals surface area contributed by atoms with Crippen molar-refractivity contribution in [2.45, 2.75) is 39.4 Å². The standard InChI is InChI=1S/C26H35N3O4/c1-18(2)22-12-23(24(30)13-25(22)33-17-32-4)26(31)29-15-20-6-5-19(11-21(20)16-29)14-28-9-7-27(3)8-10-28/h5-6,11-13,18,30H,7-10,14-17H2,1-4H3. The van der Waals surface area contributed by atoms with E-state index in [0.29, 0.717) is 24.4 Å². The smallest absolute Gasteiger partial charge is 0.258 e. The molecule has 0 bridgehead atoms. The van der Waals surface area contributed by atoms with E-state index in [2.05, 4.69) is 35.0 Å². The third-order valence-corrected chi connectivity index (χ3v) is 6.60. The van der Waals surface area contributed by atoms with Crippen LogP contribution >= 0.6 is 0 Å². The third-order valence-electron chi connectivity index (χ3n) is 6.60. The summed E-state index contributed by atoms with van der Waals surface area (Å²) in [6.45, 7) is 10.6. The van der Waals surface area contributed by atoms with Crippen molar-refractivity contribution < 1.29 is 19.4 Å². The number of phenols is 1. The maximum Gasteiger partial charge on any atom is 0.258 e. The Hall–Kier alpha value is -2.61. The molecule has 7 nitrogen and oxygen atoms in total. The molecule has 4 rings (SSSR count). The zero-order valence-electron chi connectivity index (χ0n) is 20.1. The van der Waals surface area contributed by atoms with Crippen LogP contribution in [0.25, 0.3) is 0 Å². The molecule has 2 heterocycles. The molecule has 0 aromatic heterocycles. The number of nitrogens with zero attached hydrogens (tertiary/aromatic N) is 3. The van der Waals surface area contributed by atoms with Gasteiger partial charge in [-0.05, 0) is 41.3 Å². The molecule has 0 atom stereocenters. The number of benzene rings is 2. The molecule has 0 unspecified atom stereocenters. The minimum atomic E-state index is -0.162. The highest BCUT2D eigenvalue weighted by atomic mass is 16.7. The Balaban J connectivity index is 1.48. The SMILES string of the molecule is COCOc1cc(O)c(C(=O)N2Cc3ccc(CN4CCN(C)CC4)cc3C2)cc1C(C)C. The van der Waals surface area contributed by atoms with Crippen molar-refractivity contribution in [2.75, 3.05) is 47.1 Å². The van der Waals surface area contributed by atoms with Crippen molar-refractivity contribution in [1.82, 2.24) is 14.7 Å². The highest BCUT2D eigenvalue weighted by molar-refractivity contribution is 5.97. The summed E-state index contributed by atoms with van der Waals surface area (Å²) in [5.74, 6) is 0.447. The van der Waals surface area contributed by atoms with E-state index in [1.807, 2.05) is 13.8 Å². The molecule has 2 aromatic carbocycles. The van der Waals surface area contributed by atoms with Gasteiger partial charge in [0.25, 0.3) is 5.91 Å². The number of rotatable bonds is 7. The molecule has 0 saturated carbocycles. The molecule has 2 aliphatic heterocycles. The van der Waals surface area contributed by atoms with Crippen molar-refractivity contribution in [3.8, 4) is 11.5 Å². The maximum atomic E-state index is 13.4. The lowest BCUT2D eigenvalue weighted by Gasteiger charge is -2.32. The molecular weight excluding hydrogens is 418 g/mol. The van der Waals surface area contributed by atoms with Gasteiger partial charge in [-0.2, -0.15) is 0 Å². The number of hydrogen-bond donors (Lipinski definition) is 1. The van der Waals surface area contributed by atoms with Crippen molar-refractivity contribution in [1.29, 1.82) is 0 Å². The van der Waals surface area contributed by atoms with Gasteiger partial charge in [0.05, 0.1) is 5.56 Å². The van der Waals surface area contributed by atoms with Gasteiger partial charge in [0, 0.05) is 59.0 Å². The molecule has 7 heteroatoms. The number of amides is 1. The first-order valence-corrected chi connectivity index (χ1v) is 11.6. The van der Waals surface area contributed by atoms with Crippen LogP contribution in [0.2, 0.25) is 0 Å². The lowest BCUT2D eigenvalue weighted by atomic mass is 9.98. The molecule has 1 fully saturated rings. The molecule has 33 heavy (non-hydrogen) atoms. The van der Waals surface area contributed by atoms with E-state index in [4.69, 9.17) is 9.47 Å². The van der Waals surface area contributed by atoms with E-state index < -0.39 is 0 Å². The van der Waals surface area contributed by atoms with Gasteiger partial charge in [-0.25, -0.2) is 0 Å². The van der Waals surface area contributed by atoms with Crippen LogP contribution in [-0.2, 0) is 24.4 Å². The summed E-state index contributed by atoms with van der Waals surface area (Å²) in [5, 5.41) is 10.6. The van der Waals surface area contributed by atoms with Gasteiger partial charge in [0.2, 0.25) is 0 Å². The van der Waals surface area contributed by atoms with Crippen molar-refractivity contribution in [2.24, 2.45) is 0 Å². The minimum Gasteiger partial charge on any atom is -0.507 e. The Kier molecular flexibility index (Phi) is 7.22. The maximum absolute atomic E-state index is 13.4. The zero-order chi connectivity index (χ0) is 23.5. The van der Waals surface area contributed by atoms with Gasteiger partial charge in [0.15, 0.2) is 6.79 Å². The first kappa shape index (κ1) is 23.5. The van der Waals surface area contributed by atoms with E-state index in [1.54, 1.807) is 18.1 Å².